The van der Waals surface area contributed by atoms with Gasteiger partial charge in [-0.25, -0.2) is 4.79 Å². The predicted octanol–water partition coefficient (Wildman–Crippen LogP) is 6.33. The van der Waals surface area contributed by atoms with E-state index >= 15 is 0 Å². The van der Waals surface area contributed by atoms with E-state index in [9.17, 15) is 29.4 Å². The van der Waals surface area contributed by atoms with Crippen molar-refractivity contribution in [2.45, 2.75) is 51.1 Å². The first kappa shape index (κ1) is 31.1. The number of carbonyl (C=O) groups is 4. The summed E-state index contributed by atoms with van der Waals surface area (Å²) in [7, 11) is 0. The number of hydrogen-bond acceptors (Lipinski definition) is 5. The Bertz CT molecular complexity index is 1770. The van der Waals surface area contributed by atoms with Crippen LogP contribution in [0.1, 0.15) is 68.7 Å². The molecule has 2 heterocycles. The molecule has 0 radical (unpaired) electrons. The molecule has 4 aromatic rings. The number of aliphatic carboxylic acids is 2. The number of carboxylic acid groups (broad SMARTS) is 2. The molecule has 3 N–H and O–H groups in total. The number of hydrogen-bond donors (Lipinski definition) is 3. The van der Waals surface area contributed by atoms with Gasteiger partial charge in [-0.05, 0) is 59.4 Å². The average molecular weight is 638 g/mol. The van der Waals surface area contributed by atoms with Crippen LogP contribution in [-0.4, -0.2) is 51.5 Å². The molecule has 0 saturated heterocycles. The Morgan fingerprint density at radius 3 is 2.55 bits per heavy atom. The Kier molecular flexibility index (Phi) is 9.27. The molecule has 1 aliphatic rings. The van der Waals surface area contributed by atoms with E-state index in [1.54, 1.807) is 53.6 Å². The third-order valence-corrected chi connectivity index (χ3v) is 8.61. The van der Waals surface area contributed by atoms with E-state index in [-0.39, 0.29) is 34.5 Å². The summed E-state index contributed by atoms with van der Waals surface area (Å²) < 4.78 is 5.43. The van der Waals surface area contributed by atoms with Crippen molar-refractivity contribution >= 4 is 57.9 Å². The molecule has 2 unspecified atom stereocenters. The van der Waals surface area contributed by atoms with Gasteiger partial charge in [0.15, 0.2) is 0 Å². The summed E-state index contributed by atoms with van der Waals surface area (Å²) in [5.41, 5.74) is 3.56. The quantitative estimate of drug-likeness (QED) is 0.185. The fourth-order valence-electron chi connectivity index (χ4n) is 5.63. The molecular weight excluding hydrogens is 607 g/mol. The van der Waals surface area contributed by atoms with Crippen LogP contribution in [0, 0.1) is 0 Å². The van der Waals surface area contributed by atoms with Gasteiger partial charge in [0.2, 0.25) is 0 Å². The van der Waals surface area contributed by atoms with Crippen molar-refractivity contribution in [2.24, 2.45) is 0 Å². The maximum Gasteiger partial charge on any atom is 0.326 e. The molecule has 5 rings (SSSR count). The van der Waals surface area contributed by atoms with Gasteiger partial charge in [-0.3, -0.25) is 14.4 Å². The molecule has 0 spiro atoms. The second-order valence-electron chi connectivity index (χ2n) is 10.8. The predicted molar refractivity (Wildman–Crippen MR) is 165 cm³/mol. The second kappa shape index (κ2) is 13.1. The standard InChI is InChI=1S/C33H30Cl2N2O7/c1-2-4-24(32(40)41)20-6-3-5-18(13-20)14-26(33(42)43)36-30(38)28-25(34)15-22-17-37(11-9-23(22)29(28)35)31(39)21-8-7-19-10-12-44-27(19)16-21/h3,5-8,10,12-13,15-16,24,26H,2,4,9,11,14,17H2,1H3,(H,36,38)(H,40,41)(H,42,43). The van der Waals surface area contributed by atoms with Crippen LogP contribution >= 0.6 is 23.2 Å². The molecule has 1 aliphatic heterocycles. The van der Waals surface area contributed by atoms with Crippen LogP contribution in [0.4, 0.5) is 0 Å². The van der Waals surface area contributed by atoms with Crippen LogP contribution in [-0.2, 0) is 29.0 Å². The molecule has 2 atom stereocenters. The number of amides is 2. The van der Waals surface area contributed by atoms with E-state index in [0.29, 0.717) is 59.2 Å². The summed E-state index contributed by atoms with van der Waals surface area (Å²) in [6.45, 7) is 2.48. The molecule has 0 saturated carbocycles. The second-order valence-corrected chi connectivity index (χ2v) is 11.6. The lowest BCUT2D eigenvalue weighted by atomic mass is 9.92. The Labute approximate surface area is 263 Å². The molecule has 0 fully saturated rings. The highest BCUT2D eigenvalue weighted by Gasteiger charge is 2.30. The summed E-state index contributed by atoms with van der Waals surface area (Å²) >= 11 is 13.2. The summed E-state index contributed by atoms with van der Waals surface area (Å²) in [4.78, 5) is 52.2. The zero-order valence-corrected chi connectivity index (χ0v) is 25.3. The van der Waals surface area contributed by atoms with Crippen LogP contribution in [0.2, 0.25) is 10.0 Å². The minimum absolute atomic E-state index is 0.0348. The average Bonchev–Trinajstić information content (AvgIpc) is 3.47. The van der Waals surface area contributed by atoms with Gasteiger partial charge in [0.25, 0.3) is 11.8 Å². The Morgan fingerprint density at radius 2 is 1.82 bits per heavy atom. The first-order valence-corrected chi connectivity index (χ1v) is 14.9. The van der Waals surface area contributed by atoms with Crippen molar-refractivity contribution in [1.82, 2.24) is 10.2 Å². The number of rotatable bonds is 10. The van der Waals surface area contributed by atoms with Crippen LogP contribution in [0.3, 0.4) is 0 Å². The molecule has 44 heavy (non-hydrogen) atoms. The van der Waals surface area contributed by atoms with Gasteiger partial charge in [0.05, 0.1) is 27.8 Å². The summed E-state index contributed by atoms with van der Waals surface area (Å²) in [6.07, 6.45) is 2.98. The molecule has 1 aromatic heterocycles. The van der Waals surface area contributed by atoms with Crippen molar-refractivity contribution in [1.29, 1.82) is 0 Å². The number of carbonyl (C=O) groups excluding carboxylic acids is 2. The number of carboxylic acids is 2. The topological polar surface area (TPSA) is 137 Å². The van der Waals surface area contributed by atoms with Gasteiger partial charge in [-0.15, -0.1) is 0 Å². The van der Waals surface area contributed by atoms with Crippen LogP contribution in [0.5, 0.6) is 0 Å². The lowest BCUT2D eigenvalue weighted by molar-refractivity contribution is -0.140. The maximum atomic E-state index is 13.4. The maximum absolute atomic E-state index is 13.4. The third kappa shape index (κ3) is 6.44. The number of nitrogens with zero attached hydrogens (tertiary/aromatic N) is 1. The third-order valence-electron chi connectivity index (χ3n) is 7.89. The summed E-state index contributed by atoms with van der Waals surface area (Å²) in [6, 6.07) is 14.1. The summed E-state index contributed by atoms with van der Waals surface area (Å²) in [5.74, 6) is -3.85. The van der Waals surface area contributed by atoms with Gasteiger partial charge in [-0.2, -0.15) is 0 Å². The fraction of sp³-hybridized carbons (Fsp3) is 0.273. The van der Waals surface area contributed by atoms with Gasteiger partial charge in [0, 0.05) is 30.5 Å². The van der Waals surface area contributed by atoms with Crippen molar-refractivity contribution in [2.75, 3.05) is 6.54 Å². The number of halogens is 2. The lowest BCUT2D eigenvalue weighted by Crippen LogP contribution is -2.42. The van der Waals surface area contributed by atoms with Crippen molar-refractivity contribution < 1.29 is 33.8 Å². The number of furan rings is 1. The zero-order valence-electron chi connectivity index (χ0n) is 23.8. The first-order chi connectivity index (χ1) is 21.1. The zero-order chi connectivity index (χ0) is 31.5. The molecule has 0 bridgehead atoms. The van der Waals surface area contributed by atoms with Gasteiger partial charge in [0.1, 0.15) is 11.6 Å². The van der Waals surface area contributed by atoms with E-state index in [1.165, 1.54) is 0 Å². The van der Waals surface area contributed by atoms with Crippen molar-refractivity contribution in [3.63, 3.8) is 0 Å². The van der Waals surface area contributed by atoms with E-state index in [1.807, 2.05) is 19.1 Å². The van der Waals surface area contributed by atoms with Gasteiger partial charge >= 0.3 is 11.9 Å². The molecular formula is C33H30Cl2N2O7. The van der Waals surface area contributed by atoms with Gasteiger partial charge in [-0.1, -0.05) is 66.9 Å². The van der Waals surface area contributed by atoms with Crippen LogP contribution in [0.25, 0.3) is 11.0 Å². The number of fused-ring (bicyclic) bond motifs is 2. The monoisotopic (exact) mass is 636 g/mol. The van der Waals surface area contributed by atoms with Crippen molar-refractivity contribution in [3.8, 4) is 0 Å². The smallest absolute Gasteiger partial charge is 0.326 e. The minimum Gasteiger partial charge on any atom is -0.481 e. The van der Waals surface area contributed by atoms with E-state index in [0.717, 1.165) is 5.39 Å². The Hall–Kier alpha value is -4.34. The summed E-state index contributed by atoms with van der Waals surface area (Å²) in [5, 5.41) is 23.1. The number of benzene rings is 3. The normalized spacial score (nSPS) is 14.1. The van der Waals surface area contributed by atoms with Crippen LogP contribution in [0.15, 0.2) is 65.3 Å². The molecule has 11 heteroatoms. The molecule has 3 aromatic carbocycles. The van der Waals surface area contributed by atoms with E-state index in [4.69, 9.17) is 27.6 Å². The van der Waals surface area contributed by atoms with E-state index < -0.39 is 29.8 Å². The first-order valence-electron chi connectivity index (χ1n) is 14.2. The molecule has 2 amide bonds. The molecule has 228 valence electrons. The number of nitrogens with one attached hydrogen (secondary N) is 1. The Morgan fingerprint density at radius 1 is 1.02 bits per heavy atom. The molecule has 0 aliphatic carbocycles. The SMILES string of the molecule is CCCC(C(=O)O)c1cccc(CC(NC(=O)c2c(Cl)cc3c(c2Cl)CCN(C(=O)c2ccc4ccoc4c2)C3)C(=O)O)c1. The largest absolute Gasteiger partial charge is 0.481 e. The van der Waals surface area contributed by atoms with Crippen molar-refractivity contribution in [3.05, 3.63) is 104 Å². The highest BCUT2D eigenvalue weighted by Crippen LogP contribution is 2.35. The lowest BCUT2D eigenvalue weighted by Gasteiger charge is -2.30. The van der Waals surface area contributed by atoms with Crippen LogP contribution < -0.4 is 5.32 Å². The molecule has 9 nitrogen and oxygen atoms in total. The van der Waals surface area contributed by atoms with E-state index in [2.05, 4.69) is 5.32 Å². The Balaban J connectivity index is 1.33. The highest BCUT2D eigenvalue weighted by molar-refractivity contribution is 6.40. The highest BCUT2D eigenvalue weighted by atomic mass is 35.5. The minimum atomic E-state index is -1.32. The fourth-order valence-corrected chi connectivity index (χ4v) is 6.39. The van der Waals surface area contributed by atoms with Gasteiger partial charge < -0.3 is 24.8 Å².